The van der Waals surface area contributed by atoms with Crippen molar-refractivity contribution < 1.29 is 14.6 Å². The highest BCUT2D eigenvalue weighted by Crippen LogP contribution is 2.24. The Hall–Kier alpha value is -1.55. The van der Waals surface area contributed by atoms with E-state index < -0.39 is 12.0 Å². The number of ether oxygens (including phenoxy) is 1. The lowest BCUT2D eigenvalue weighted by atomic mass is 9.87. The summed E-state index contributed by atoms with van der Waals surface area (Å²) in [5.74, 6) is -0.228. The van der Waals surface area contributed by atoms with E-state index in [1.54, 1.807) is 7.05 Å². The largest absolute Gasteiger partial charge is 0.491 e. The molecule has 0 aliphatic rings. The number of likely N-dealkylation sites (N-methyl/N-ethyl adjacent to an activating group) is 1. The van der Waals surface area contributed by atoms with Crippen molar-refractivity contribution in [1.29, 1.82) is 0 Å². The summed E-state index contributed by atoms with van der Waals surface area (Å²) in [5, 5.41) is 11.5. The molecule has 4 nitrogen and oxygen atoms in total. The van der Waals surface area contributed by atoms with Crippen LogP contribution in [-0.2, 0) is 10.2 Å². The molecule has 0 heterocycles. The Morgan fingerprint density at radius 2 is 1.89 bits per heavy atom. The first kappa shape index (κ1) is 14.5. The Balaban J connectivity index is 2.62. The van der Waals surface area contributed by atoms with Crippen LogP contribution in [-0.4, -0.2) is 30.8 Å². The Morgan fingerprint density at radius 3 is 2.28 bits per heavy atom. The van der Waals surface area contributed by atoms with Gasteiger partial charge < -0.3 is 15.2 Å². The highest BCUT2D eigenvalue weighted by atomic mass is 16.5. The van der Waals surface area contributed by atoms with Gasteiger partial charge in [0.05, 0.1) is 0 Å². The summed E-state index contributed by atoms with van der Waals surface area (Å²) in [4.78, 5) is 10.8. The molecule has 1 unspecified atom stereocenters. The average Bonchev–Trinajstić information content (AvgIpc) is 2.29. The van der Waals surface area contributed by atoms with Crippen molar-refractivity contribution in [3.05, 3.63) is 29.8 Å². The summed E-state index contributed by atoms with van der Waals surface area (Å²) in [6, 6.07) is 7.06. The van der Waals surface area contributed by atoms with E-state index in [0.29, 0.717) is 5.75 Å². The molecule has 0 aromatic heterocycles. The SMILES string of the molecule is CNC(COc1ccc(C(C)(C)C)cc1)C(=O)O. The predicted octanol–water partition coefficient (Wildman–Crippen LogP) is 2.04. The first-order chi connectivity index (χ1) is 8.34. The van der Waals surface area contributed by atoms with Gasteiger partial charge in [0.15, 0.2) is 0 Å². The third-order valence-electron chi connectivity index (χ3n) is 2.78. The van der Waals surface area contributed by atoms with E-state index in [4.69, 9.17) is 9.84 Å². The quantitative estimate of drug-likeness (QED) is 0.840. The molecular formula is C14H21NO3. The first-order valence-electron chi connectivity index (χ1n) is 5.98. The van der Waals surface area contributed by atoms with Crippen molar-refractivity contribution in [1.82, 2.24) is 5.32 Å². The number of hydrogen-bond donors (Lipinski definition) is 2. The smallest absolute Gasteiger partial charge is 0.324 e. The van der Waals surface area contributed by atoms with Gasteiger partial charge in [0.25, 0.3) is 0 Å². The van der Waals surface area contributed by atoms with Gasteiger partial charge in [-0.3, -0.25) is 4.79 Å². The highest BCUT2D eigenvalue weighted by molar-refractivity contribution is 5.73. The van der Waals surface area contributed by atoms with Crippen LogP contribution in [0.1, 0.15) is 26.3 Å². The molecule has 1 aromatic rings. The molecule has 100 valence electrons. The van der Waals surface area contributed by atoms with Crippen molar-refractivity contribution in [2.75, 3.05) is 13.7 Å². The maximum atomic E-state index is 10.8. The third kappa shape index (κ3) is 4.04. The van der Waals surface area contributed by atoms with E-state index in [9.17, 15) is 4.79 Å². The molecule has 2 N–H and O–H groups in total. The van der Waals surface area contributed by atoms with Gasteiger partial charge in [0.2, 0.25) is 0 Å². The standard InChI is InChI=1S/C14H21NO3/c1-14(2,3)10-5-7-11(8-6-10)18-9-12(15-4)13(16)17/h5-8,12,15H,9H2,1-4H3,(H,16,17). The minimum Gasteiger partial charge on any atom is -0.491 e. The van der Waals surface area contributed by atoms with Crippen molar-refractivity contribution in [3.63, 3.8) is 0 Å². The van der Waals surface area contributed by atoms with Crippen LogP contribution in [0.2, 0.25) is 0 Å². The summed E-state index contributed by atoms with van der Waals surface area (Å²) < 4.78 is 5.44. The number of aliphatic carboxylic acids is 1. The van der Waals surface area contributed by atoms with Crippen molar-refractivity contribution in [2.24, 2.45) is 0 Å². The molecule has 1 atom stereocenters. The minimum atomic E-state index is -0.913. The zero-order valence-electron chi connectivity index (χ0n) is 11.4. The molecule has 4 heteroatoms. The number of benzene rings is 1. The van der Waals surface area contributed by atoms with Crippen LogP contribution in [0.25, 0.3) is 0 Å². The fourth-order valence-corrected chi connectivity index (χ4v) is 1.51. The second kappa shape index (κ2) is 5.87. The van der Waals surface area contributed by atoms with E-state index in [0.717, 1.165) is 0 Å². The second-order valence-electron chi connectivity index (χ2n) is 5.26. The summed E-state index contributed by atoms with van der Waals surface area (Å²) in [7, 11) is 1.60. The van der Waals surface area contributed by atoms with Gasteiger partial charge in [-0.05, 0) is 30.2 Å². The number of hydrogen-bond acceptors (Lipinski definition) is 3. The number of rotatable bonds is 5. The monoisotopic (exact) mass is 251 g/mol. The molecule has 0 saturated heterocycles. The van der Waals surface area contributed by atoms with Gasteiger partial charge in [-0.1, -0.05) is 32.9 Å². The highest BCUT2D eigenvalue weighted by Gasteiger charge is 2.16. The van der Waals surface area contributed by atoms with Crippen LogP contribution in [0, 0.1) is 0 Å². The molecule has 1 rings (SSSR count). The molecule has 0 radical (unpaired) electrons. The van der Waals surface area contributed by atoms with Gasteiger partial charge >= 0.3 is 5.97 Å². The second-order valence-corrected chi connectivity index (χ2v) is 5.26. The molecular weight excluding hydrogens is 230 g/mol. The summed E-state index contributed by atoms with van der Waals surface area (Å²) in [6.45, 7) is 6.54. The summed E-state index contributed by atoms with van der Waals surface area (Å²) in [6.07, 6.45) is 0. The van der Waals surface area contributed by atoms with Crippen LogP contribution < -0.4 is 10.1 Å². The van der Waals surface area contributed by atoms with E-state index in [1.807, 2.05) is 24.3 Å². The average molecular weight is 251 g/mol. The lowest BCUT2D eigenvalue weighted by molar-refractivity contribution is -0.140. The predicted molar refractivity (Wildman–Crippen MR) is 71.1 cm³/mol. The van der Waals surface area contributed by atoms with Crippen molar-refractivity contribution >= 4 is 5.97 Å². The number of carboxylic acid groups (broad SMARTS) is 1. The van der Waals surface area contributed by atoms with E-state index >= 15 is 0 Å². The van der Waals surface area contributed by atoms with Gasteiger partial charge in [-0.15, -0.1) is 0 Å². The van der Waals surface area contributed by atoms with Crippen LogP contribution in [0.4, 0.5) is 0 Å². The molecule has 0 spiro atoms. The first-order valence-corrected chi connectivity index (χ1v) is 5.98. The maximum Gasteiger partial charge on any atom is 0.324 e. The van der Waals surface area contributed by atoms with Gasteiger partial charge in [0.1, 0.15) is 18.4 Å². The normalized spacial score (nSPS) is 13.1. The maximum absolute atomic E-state index is 10.8. The molecule has 18 heavy (non-hydrogen) atoms. The molecule has 0 saturated carbocycles. The molecule has 0 fully saturated rings. The fourth-order valence-electron chi connectivity index (χ4n) is 1.51. The van der Waals surface area contributed by atoms with Crippen molar-refractivity contribution in [3.8, 4) is 5.75 Å². The fraction of sp³-hybridized carbons (Fsp3) is 0.500. The third-order valence-corrected chi connectivity index (χ3v) is 2.78. The van der Waals surface area contributed by atoms with Crippen LogP contribution >= 0.6 is 0 Å². The number of carboxylic acids is 1. The number of nitrogens with one attached hydrogen (secondary N) is 1. The lowest BCUT2D eigenvalue weighted by Gasteiger charge is -2.19. The summed E-state index contributed by atoms with van der Waals surface area (Å²) >= 11 is 0. The topological polar surface area (TPSA) is 58.6 Å². The molecule has 0 aliphatic carbocycles. The Morgan fingerprint density at radius 1 is 1.33 bits per heavy atom. The molecule has 1 aromatic carbocycles. The van der Waals surface area contributed by atoms with Gasteiger partial charge in [-0.25, -0.2) is 0 Å². The van der Waals surface area contributed by atoms with Crippen molar-refractivity contribution in [2.45, 2.75) is 32.2 Å². The van der Waals surface area contributed by atoms with Crippen LogP contribution in [0.15, 0.2) is 24.3 Å². The van der Waals surface area contributed by atoms with Gasteiger partial charge in [-0.2, -0.15) is 0 Å². The van der Waals surface area contributed by atoms with Crippen LogP contribution in [0.5, 0.6) is 5.75 Å². The van der Waals surface area contributed by atoms with Gasteiger partial charge in [0, 0.05) is 0 Å². The Labute approximate surface area is 108 Å². The zero-order chi connectivity index (χ0) is 13.8. The number of carbonyl (C=O) groups is 1. The molecule has 0 aliphatic heterocycles. The Kier molecular flexibility index (Phi) is 4.73. The van der Waals surface area contributed by atoms with E-state index in [-0.39, 0.29) is 12.0 Å². The molecule has 0 amide bonds. The zero-order valence-corrected chi connectivity index (χ0v) is 11.4. The van der Waals surface area contributed by atoms with E-state index in [1.165, 1.54) is 5.56 Å². The van der Waals surface area contributed by atoms with E-state index in [2.05, 4.69) is 26.1 Å². The minimum absolute atomic E-state index is 0.104. The summed E-state index contributed by atoms with van der Waals surface area (Å²) in [5.41, 5.74) is 1.32. The molecule has 0 bridgehead atoms. The lowest BCUT2D eigenvalue weighted by Crippen LogP contribution is -2.39. The van der Waals surface area contributed by atoms with Crippen LogP contribution in [0.3, 0.4) is 0 Å². The Bertz CT molecular complexity index is 392.